The minimum Gasteiger partial charge on any atom is -0.497 e. The van der Waals surface area contributed by atoms with Gasteiger partial charge < -0.3 is 49.6 Å². The number of likely N-dealkylation sites (N-methyl/N-ethyl adjacent to an activating group) is 1. The van der Waals surface area contributed by atoms with Gasteiger partial charge in [0.25, 0.3) is 5.91 Å². The Labute approximate surface area is 293 Å². The molecule has 0 unspecified atom stereocenters. The Hall–Kier alpha value is -4.82. The number of aryl methyl sites for hydroxylation is 2. The summed E-state index contributed by atoms with van der Waals surface area (Å²) >= 11 is 0. The number of nitrogens with zero attached hydrogens (tertiary/aromatic N) is 3. The molecule has 2 heterocycles. The van der Waals surface area contributed by atoms with Crippen molar-refractivity contribution in [1.82, 2.24) is 15.0 Å². The molecule has 2 aromatic carbocycles. The third-order valence-electron chi connectivity index (χ3n) is 8.72. The van der Waals surface area contributed by atoms with Crippen LogP contribution < -0.4 is 25.4 Å². The summed E-state index contributed by atoms with van der Waals surface area (Å²) in [5, 5.41) is 22.5. The number of carbonyl (C=O) groups is 3. The van der Waals surface area contributed by atoms with E-state index in [2.05, 4.69) is 21.1 Å². The molecule has 1 aliphatic heterocycles. The number of hydrogen-bond acceptors (Lipinski definition) is 9. The molecule has 0 fully saturated rings. The summed E-state index contributed by atoms with van der Waals surface area (Å²) in [5.74, 6) is 0.911. The molecule has 0 saturated carbocycles. The van der Waals surface area contributed by atoms with Gasteiger partial charge in [-0.25, -0.2) is 9.59 Å². The molecule has 50 heavy (non-hydrogen) atoms. The van der Waals surface area contributed by atoms with E-state index < -0.39 is 18.2 Å². The molecule has 0 saturated heterocycles. The lowest BCUT2D eigenvalue weighted by atomic mass is 10.0. The maximum absolute atomic E-state index is 14.4. The number of aliphatic hydroxyl groups excluding tert-OH is 1. The van der Waals surface area contributed by atoms with E-state index in [1.54, 1.807) is 87.2 Å². The van der Waals surface area contributed by atoms with Crippen LogP contribution in [0.5, 0.6) is 11.5 Å². The van der Waals surface area contributed by atoms with Crippen LogP contribution in [-0.2, 0) is 4.74 Å². The molecule has 0 radical (unpaired) electrons. The number of benzene rings is 2. The Morgan fingerprint density at radius 3 is 2.46 bits per heavy atom. The van der Waals surface area contributed by atoms with Gasteiger partial charge in [0.1, 0.15) is 22.9 Å². The molecule has 1 aromatic heterocycles. The Balaban J connectivity index is 1.57. The van der Waals surface area contributed by atoms with Crippen LogP contribution in [0.3, 0.4) is 0 Å². The van der Waals surface area contributed by atoms with E-state index in [1.807, 2.05) is 13.8 Å². The van der Waals surface area contributed by atoms with E-state index in [4.69, 9.17) is 18.7 Å². The van der Waals surface area contributed by atoms with E-state index >= 15 is 0 Å². The third-order valence-corrected chi connectivity index (χ3v) is 8.72. The van der Waals surface area contributed by atoms with Crippen LogP contribution in [0.1, 0.15) is 61.8 Å². The molecule has 14 heteroatoms. The summed E-state index contributed by atoms with van der Waals surface area (Å²) in [4.78, 5) is 43.6. The summed E-state index contributed by atoms with van der Waals surface area (Å²) in [6, 6.07) is 10.6. The number of anilines is 3. The molecule has 4 N–H and O–H groups in total. The summed E-state index contributed by atoms with van der Waals surface area (Å²) in [6.45, 7) is 9.77. The van der Waals surface area contributed by atoms with Crippen molar-refractivity contribution in [3.05, 3.63) is 59.5 Å². The Morgan fingerprint density at radius 2 is 1.80 bits per heavy atom. The van der Waals surface area contributed by atoms with Crippen molar-refractivity contribution in [2.45, 2.75) is 72.1 Å². The number of hydrogen-bond donors (Lipinski definition) is 4. The molecule has 0 aliphatic carbocycles. The largest absolute Gasteiger partial charge is 0.497 e. The molecular weight excluding hydrogens is 644 g/mol. The van der Waals surface area contributed by atoms with Crippen molar-refractivity contribution in [1.29, 1.82) is 0 Å². The molecular formula is C36H50N6O8. The fourth-order valence-electron chi connectivity index (χ4n) is 5.65. The van der Waals surface area contributed by atoms with Crippen molar-refractivity contribution in [2.75, 3.05) is 56.4 Å². The number of ether oxygens (including phenoxy) is 3. The minimum absolute atomic E-state index is 0.211. The second-order valence-corrected chi connectivity index (χ2v) is 12.8. The van der Waals surface area contributed by atoms with Gasteiger partial charge in [0, 0.05) is 44.0 Å². The predicted octanol–water partition coefficient (Wildman–Crippen LogP) is 5.90. The summed E-state index contributed by atoms with van der Waals surface area (Å²) in [6.07, 6.45) is 1.70. The van der Waals surface area contributed by atoms with Crippen LogP contribution in [0.4, 0.5) is 26.7 Å². The van der Waals surface area contributed by atoms with E-state index in [0.29, 0.717) is 46.6 Å². The zero-order chi connectivity index (χ0) is 36.4. The highest BCUT2D eigenvalue weighted by Gasteiger charge is 2.31. The van der Waals surface area contributed by atoms with E-state index in [0.717, 1.165) is 19.3 Å². The number of aliphatic hydroxyl groups is 1. The van der Waals surface area contributed by atoms with Crippen LogP contribution in [-0.4, -0.2) is 96.7 Å². The lowest BCUT2D eigenvalue weighted by Gasteiger charge is -2.35. The first-order valence-electron chi connectivity index (χ1n) is 16.9. The van der Waals surface area contributed by atoms with Crippen molar-refractivity contribution in [2.24, 2.45) is 5.92 Å². The second kappa shape index (κ2) is 17.7. The molecule has 5 amide bonds. The van der Waals surface area contributed by atoms with Crippen molar-refractivity contribution in [3.8, 4) is 11.5 Å². The third kappa shape index (κ3) is 10.1. The maximum Gasteiger partial charge on any atom is 0.323 e. The highest BCUT2D eigenvalue weighted by atomic mass is 16.5. The lowest BCUT2D eigenvalue weighted by Crippen LogP contribution is -2.48. The lowest BCUT2D eigenvalue weighted by molar-refractivity contribution is -0.0115. The molecule has 0 bridgehead atoms. The number of aromatic nitrogens is 1. The molecule has 0 spiro atoms. The van der Waals surface area contributed by atoms with E-state index in [-0.39, 0.29) is 49.2 Å². The number of carbonyl (C=O) groups excluding carboxylic acids is 3. The molecule has 4 rings (SSSR count). The van der Waals surface area contributed by atoms with Crippen LogP contribution in [0.2, 0.25) is 0 Å². The number of rotatable bonds is 8. The van der Waals surface area contributed by atoms with Crippen molar-refractivity contribution >= 4 is 35.0 Å². The summed E-state index contributed by atoms with van der Waals surface area (Å²) < 4.78 is 23.0. The van der Waals surface area contributed by atoms with Gasteiger partial charge in [-0.2, -0.15) is 0 Å². The Morgan fingerprint density at radius 1 is 1.08 bits per heavy atom. The SMILES string of the molecule is COc1ccc(NC(=O)N(C)C[C@H]2OCCCC[C@@H](C)Oc3ccc(NC(=O)Nc4c(C)noc4C)cc3C(=O)N([C@@H](C)CO)C[C@H]2C)cc1. The minimum atomic E-state index is -0.556. The maximum atomic E-state index is 14.4. The fraction of sp³-hybridized carbons (Fsp3) is 0.500. The van der Waals surface area contributed by atoms with Gasteiger partial charge in [-0.05, 0) is 89.4 Å². The van der Waals surface area contributed by atoms with Gasteiger partial charge in [-0.3, -0.25) is 4.79 Å². The fourth-order valence-corrected chi connectivity index (χ4v) is 5.65. The van der Waals surface area contributed by atoms with Crippen molar-refractivity contribution in [3.63, 3.8) is 0 Å². The average molecular weight is 695 g/mol. The predicted molar refractivity (Wildman–Crippen MR) is 190 cm³/mol. The van der Waals surface area contributed by atoms with Gasteiger partial charge in [0.15, 0.2) is 5.76 Å². The summed E-state index contributed by atoms with van der Waals surface area (Å²) in [5.41, 5.74) is 2.24. The Bertz CT molecular complexity index is 1580. The van der Waals surface area contributed by atoms with Gasteiger partial charge in [-0.1, -0.05) is 12.1 Å². The number of nitrogens with one attached hydrogen (secondary N) is 3. The van der Waals surface area contributed by atoms with Gasteiger partial charge in [-0.15, -0.1) is 0 Å². The quantitative estimate of drug-likeness (QED) is 0.224. The van der Waals surface area contributed by atoms with Crippen molar-refractivity contribution < 1.29 is 38.2 Å². The van der Waals surface area contributed by atoms with Gasteiger partial charge >= 0.3 is 12.1 Å². The highest BCUT2D eigenvalue weighted by molar-refractivity contribution is 6.03. The highest BCUT2D eigenvalue weighted by Crippen LogP contribution is 2.29. The molecule has 14 nitrogen and oxygen atoms in total. The van der Waals surface area contributed by atoms with Crippen LogP contribution >= 0.6 is 0 Å². The molecule has 272 valence electrons. The number of fused-ring (bicyclic) bond motifs is 1. The normalized spacial score (nSPS) is 19.3. The zero-order valence-electron chi connectivity index (χ0n) is 29.9. The van der Waals surface area contributed by atoms with Crippen LogP contribution in [0.15, 0.2) is 47.0 Å². The zero-order valence-corrected chi connectivity index (χ0v) is 29.9. The standard InChI is InChI=1S/C36H50N6O8/c1-22-19-42(23(2)21-43)34(44)30-18-28(37-35(45)39-33-25(4)40-50-26(33)5)13-16-31(30)49-24(3)10-8-9-17-48-32(22)20-41(6)36(46)38-27-11-14-29(47-7)15-12-27/h11-16,18,22-24,32,43H,8-10,17,19-21H2,1-7H3,(H,38,46)(H2,37,39,45)/t22-,23+,24-,32-/m1/s1. The van der Waals surface area contributed by atoms with Gasteiger partial charge in [0.05, 0.1) is 37.5 Å². The monoisotopic (exact) mass is 694 g/mol. The smallest absolute Gasteiger partial charge is 0.323 e. The Kier molecular flexibility index (Phi) is 13.5. The molecule has 4 atom stereocenters. The number of urea groups is 2. The van der Waals surface area contributed by atoms with Crippen LogP contribution in [0.25, 0.3) is 0 Å². The first-order valence-corrected chi connectivity index (χ1v) is 16.9. The first kappa shape index (κ1) is 38.0. The number of amides is 5. The van der Waals surface area contributed by atoms with E-state index in [9.17, 15) is 19.5 Å². The average Bonchev–Trinajstić information content (AvgIpc) is 3.41. The van der Waals surface area contributed by atoms with Crippen LogP contribution in [0, 0.1) is 19.8 Å². The van der Waals surface area contributed by atoms with Gasteiger partial charge in [0.2, 0.25) is 0 Å². The molecule has 3 aromatic rings. The molecule has 1 aliphatic rings. The summed E-state index contributed by atoms with van der Waals surface area (Å²) in [7, 11) is 3.28. The topological polar surface area (TPSA) is 168 Å². The first-order chi connectivity index (χ1) is 23.9. The number of methoxy groups -OCH3 is 1. The second-order valence-electron chi connectivity index (χ2n) is 12.8. The van der Waals surface area contributed by atoms with E-state index in [1.165, 1.54) is 0 Å².